The van der Waals surface area contributed by atoms with Crippen molar-refractivity contribution in [3.05, 3.63) is 41.1 Å². The van der Waals surface area contributed by atoms with Crippen LogP contribution in [0.4, 0.5) is 21.6 Å². The summed E-state index contributed by atoms with van der Waals surface area (Å²) in [7, 11) is 0. The second-order valence-corrected chi connectivity index (χ2v) is 3.89. The number of benzene rings is 1. The Hall–Kier alpha value is -1.88. The molecule has 2 rings (SSSR count). The van der Waals surface area contributed by atoms with E-state index in [1.54, 1.807) is 25.1 Å². The van der Waals surface area contributed by atoms with E-state index in [9.17, 15) is 4.39 Å². The molecule has 0 aliphatic rings. The number of halogens is 2. The first kappa shape index (κ1) is 11.6. The topological polar surface area (TPSA) is 63.8 Å². The molecule has 0 radical (unpaired) electrons. The fourth-order valence-electron chi connectivity index (χ4n) is 1.31. The van der Waals surface area contributed by atoms with Crippen molar-refractivity contribution in [2.75, 3.05) is 11.1 Å². The summed E-state index contributed by atoms with van der Waals surface area (Å²) < 4.78 is 13.7. The molecule has 0 atom stereocenters. The number of nitrogen functional groups attached to an aromatic ring is 1. The highest BCUT2D eigenvalue weighted by molar-refractivity contribution is 6.33. The van der Waals surface area contributed by atoms with E-state index in [0.717, 1.165) is 0 Å². The fraction of sp³-hybridized carbons (Fsp3) is 0.0909. The second-order valence-electron chi connectivity index (χ2n) is 3.49. The Kier molecular flexibility index (Phi) is 3.10. The van der Waals surface area contributed by atoms with E-state index in [1.165, 1.54) is 6.33 Å². The third-order valence-electron chi connectivity index (χ3n) is 2.21. The third-order valence-corrected chi connectivity index (χ3v) is 2.54. The first-order valence-electron chi connectivity index (χ1n) is 4.87. The molecule has 2 aromatic rings. The standard InChI is InChI=1S/C11H10ClFN4/c1-6-10(13)11(16-5-15-6)17-9-4-7(14)2-3-8(9)12/h2-5H,14H2,1H3,(H,15,16,17). The number of nitrogens with two attached hydrogens (primary N) is 1. The van der Waals surface area contributed by atoms with Crippen LogP contribution < -0.4 is 11.1 Å². The normalized spacial score (nSPS) is 10.3. The number of aryl methyl sites for hydroxylation is 1. The minimum absolute atomic E-state index is 0.0741. The Labute approximate surface area is 103 Å². The molecule has 1 heterocycles. The molecule has 17 heavy (non-hydrogen) atoms. The molecule has 0 unspecified atom stereocenters. The Morgan fingerprint density at radius 3 is 2.88 bits per heavy atom. The van der Waals surface area contributed by atoms with Crippen LogP contribution in [0.15, 0.2) is 24.5 Å². The molecule has 0 aliphatic carbocycles. The number of nitrogens with zero attached hydrogens (tertiary/aromatic N) is 2. The largest absolute Gasteiger partial charge is 0.399 e. The Morgan fingerprint density at radius 1 is 1.35 bits per heavy atom. The summed E-state index contributed by atoms with van der Waals surface area (Å²) >= 11 is 5.95. The van der Waals surface area contributed by atoms with E-state index in [-0.39, 0.29) is 11.5 Å². The zero-order valence-electron chi connectivity index (χ0n) is 9.04. The van der Waals surface area contributed by atoms with Crippen LogP contribution in [-0.4, -0.2) is 9.97 Å². The van der Waals surface area contributed by atoms with Crippen LogP contribution in [-0.2, 0) is 0 Å². The van der Waals surface area contributed by atoms with Gasteiger partial charge in [-0.25, -0.2) is 14.4 Å². The zero-order chi connectivity index (χ0) is 12.4. The lowest BCUT2D eigenvalue weighted by Crippen LogP contribution is -2.01. The summed E-state index contributed by atoms with van der Waals surface area (Å²) in [6.07, 6.45) is 1.28. The fourth-order valence-corrected chi connectivity index (χ4v) is 1.48. The molecule has 3 N–H and O–H groups in total. The van der Waals surface area contributed by atoms with Gasteiger partial charge < -0.3 is 11.1 Å². The number of anilines is 3. The number of rotatable bonds is 2. The van der Waals surface area contributed by atoms with E-state index in [0.29, 0.717) is 16.4 Å². The summed E-state index contributed by atoms with van der Waals surface area (Å²) in [6, 6.07) is 4.90. The molecule has 0 fully saturated rings. The van der Waals surface area contributed by atoms with Crippen LogP contribution in [0.1, 0.15) is 5.69 Å². The minimum Gasteiger partial charge on any atom is -0.399 e. The van der Waals surface area contributed by atoms with E-state index in [2.05, 4.69) is 15.3 Å². The maximum Gasteiger partial charge on any atom is 0.186 e. The molecule has 0 saturated carbocycles. The van der Waals surface area contributed by atoms with Crippen LogP contribution in [0, 0.1) is 12.7 Å². The van der Waals surface area contributed by atoms with Gasteiger partial charge in [0.15, 0.2) is 11.6 Å². The lowest BCUT2D eigenvalue weighted by molar-refractivity contribution is 0.607. The van der Waals surface area contributed by atoms with Gasteiger partial charge in [-0.05, 0) is 25.1 Å². The molecular weight excluding hydrogens is 243 g/mol. The molecule has 4 nitrogen and oxygen atoms in total. The van der Waals surface area contributed by atoms with Crippen molar-refractivity contribution in [2.24, 2.45) is 0 Å². The minimum atomic E-state index is -0.508. The Bertz CT molecular complexity index is 559. The van der Waals surface area contributed by atoms with Crippen molar-refractivity contribution >= 4 is 28.8 Å². The molecule has 0 spiro atoms. The predicted molar refractivity (Wildman–Crippen MR) is 65.9 cm³/mol. The molecule has 0 saturated heterocycles. The van der Waals surface area contributed by atoms with Gasteiger partial charge in [-0.15, -0.1) is 0 Å². The maximum absolute atomic E-state index is 13.7. The zero-order valence-corrected chi connectivity index (χ0v) is 9.79. The molecule has 0 bridgehead atoms. The molecule has 1 aromatic heterocycles. The Balaban J connectivity index is 2.38. The Morgan fingerprint density at radius 2 is 2.12 bits per heavy atom. The first-order valence-corrected chi connectivity index (χ1v) is 5.25. The van der Waals surface area contributed by atoms with Crippen molar-refractivity contribution < 1.29 is 4.39 Å². The van der Waals surface area contributed by atoms with Gasteiger partial charge in [-0.1, -0.05) is 11.6 Å². The molecule has 0 aliphatic heterocycles. The number of hydrogen-bond acceptors (Lipinski definition) is 4. The number of hydrogen-bond donors (Lipinski definition) is 2. The van der Waals surface area contributed by atoms with Crippen molar-refractivity contribution in [3.63, 3.8) is 0 Å². The summed E-state index contributed by atoms with van der Waals surface area (Å²) in [5.41, 5.74) is 6.92. The van der Waals surface area contributed by atoms with Crippen LogP contribution in [0.2, 0.25) is 5.02 Å². The van der Waals surface area contributed by atoms with Crippen molar-refractivity contribution in [1.29, 1.82) is 0 Å². The highest BCUT2D eigenvalue weighted by atomic mass is 35.5. The van der Waals surface area contributed by atoms with Crippen molar-refractivity contribution in [3.8, 4) is 0 Å². The van der Waals surface area contributed by atoms with Crippen LogP contribution in [0.3, 0.4) is 0 Å². The second kappa shape index (κ2) is 4.55. The van der Waals surface area contributed by atoms with Gasteiger partial charge in [-0.2, -0.15) is 0 Å². The van der Waals surface area contributed by atoms with Crippen LogP contribution >= 0.6 is 11.6 Å². The van der Waals surface area contributed by atoms with Gasteiger partial charge >= 0.3 is 0 Å². The molecule has 1 aromatic carbocycles. The lowest BCUT2D eigenvalue weighted by Gasteiger charge is -2.09. The van der Waals surface area contributed by atoms with E-state index >= 15 is 0 Å². The van der Waals surface area contributed by atoms with Gasteiger partial charge in [0.25, 0.3) is 0 Å². The average Bonchev–Trinajstić information content (AvgIpc) is 2.30. The van der Waals surface area contributed by atoms with Gasteiger partial charge in [0.2, 0.25) is 0 Å². The number of aromatic nitrogens is 2. The summed E-state index contributed by atoms with van der Waals surface area (Å²) in [5.74, 6) is -0.434. The average molecular weight is 253 g/mol. The predicted octanol–water partition coefficient (Wildman–Crippen LogP) is 2.90. The summed E-state index contributed by atoms with van der Waals surface area (Å²) in [5, 5.41) is 3.22. The van der Waals surface area contributed by atoms with Crippen molar-refractivity contribution in [1.82, 2.24) is 9.97 Å². The summed E-state index contributed by atoms with van der Waals surface area (Å²) in [6.45, 7) is 1.56. The van der Waals surface area contributed by atoms with E-state index in [1.807, 2.05) is 0 Å². The molecule has 88 valence electrons. The highest BCUT2D eigenvalue weighted by Gasteiger charge is 2.09. The summed E-state index contributed by atoms with van der Waals surface area (Å²) in [4.78, 5) is 7.55. The molecular formula is C11H10ClFN4. The van der Waals surface area contributed by atoms with Crippen LogP contribution in [0.25, 0.3) is 0 Å². The van der Waals surface area contributed by atoms with E-state index in [4.69, 9.17) is 17.3 Å². The number of nitrogens with one attached hydrogen (secondary N) is 1. The third kappa shape index (κ3) is 2.45. The first-order chi connectivity index (χ1) is 8.08. The SMILES string of the molecule is Cc1ncnc(Nc2cc(N)ccc2Cl)c1F. The van der Waals surface area contributed by atoms with Crippen LogP contribution in [0.5, 0.6) is 0 Å². The maximum atomic E-state index is 13.7. The smallest absolute Gasteiger partial charge is 0.186 e. The molecule has 6 heteroatoms. The van der Waals surface area contributed by atoms with Gasteiger partial charge in [0, 0.05) is 5.69 Å². The van der Waals surface area contributed by atoms with Crippen molar-refractivity contribution in [2.45, 2.75) is 6.92 Å². The van der Waals surface area contributed by atoms with Gasteiger partial charge in [0.05, 0.1) is 16.4 Å². The monoisotopic (exact) mass is 252 g/mol. The van der Waals surface area contributed by atoms with Gasteiger partial charge in [-0.3, -0.25) is 0 Å². The quantitative estimate of drug-likeness (QED) is 0.807. The molecule has 0 amide bonds. The highest BCUT2D eigenvalue weighted by Crippen LogP contribution is 2.27. The lowest BCUT2D eigenvalue weighted by atomic mass is 10.2. The van der Waals surface area contributed by atoms with E-state index < -0.39 is 5.82 Å². The van der Waals surface area contributed by atoms with Gasteiger partial charge in [0.1, 0.15) is 6.33 Å².